The first-order valence-electron chi connectivity index (χ1n) is 10.4. The molecule has 1 aliphatic carbocycles. The van der Waals surface area contributed by atoms with Crippen molar-refractivity contribution in [2.24, 2.45) is 11.8 Å². The van der Waals surface area contributed by atoms with E-state index in [2.05, 4.69) is 65.8 Å². The van der Waals surface area contributed by atoms with Gasteiger partial charge >= 0.3 is 0 Å². The number of aryl methyl sites for hydroxylation is 2. The van der Waals surface area contributed by atoms with E-state index in [4.69, 9.17) is 9.47 Å². The van der Waals surface area contributed by atoms with Crippen LogP contribution in [0.25, 0.3) is 11.1 Å². The van der Waals surface area contributed by atoms with Gasteiger partial charge in [-0.3, -0.25) is 0 Å². The standard InChI is InChI=1S/C25H34O2/c1-16(2)7-9-26-24-14-22-20(11-18(24)5)13-21-12-19(6)25(15-23(21)22)27-10-8-17(3)4/h11-12,14-17H,7-10,13H2,1-6H3. The van der Waals surface area contributed by atoms with Crippen molar-refractivity contribution in [1.29, 1.82) is 0 Å². The molecule has 0 bridgehead atoms. The lowest BCUT2D eigenvalue weighted by atomic mass is 10.0. The van der Waals surface area contributed by atoms with Crippen LogP contribution < -0.4 is 9.47 Å². The smallest absolute Gasteiger partial charge is 0.122 e. The highest BCUT2D eigenvalue weighted by Crippen LogP contribution is 2.42. The van der Waals surface area contributed by atoms with E-state index in [1.54, 1.807) is 0 Å². The Morgan fingerprint density at radius 1 is 0.704 bits per heavy atom. The Balaban J connectivity index is 1.84. The molecule has 0 aliphatic heterocycles. The molecule has 0 aromatic heterocycles. The van der Waals surface area contributed by atoms with Crippen molar-refractivity contribution in [3.05, 3.63) is 46.5 Å². The summed E-state index contributed by atoms with van der Waals surface area (Å²) < 4.78 is 12.2. The van der Waals surface area contributed by atoms with Gasteiger partial charge in [0, 0.05) is 0 Å². The van der Waals surface area contributed by atoms with E-state index in [0.717, 1.165) is 44.0 Å². The molecule has 0 radical (unpaired) electrons. The molecule has 146 valence electrons. The molecule has 0 saturated heterocycles. The summed E-state index contributed by atoms with van der Waals surface area (Å²) >= 11 is 0. The first-order valence-corrected chi connectivity index (χ1v) is 10.4. The second-order valence-corrected chi connectivity index (χ2v) is 8.79. The molecule has 2 heteroatoms. The Morgan fingerprint density at radius 2 is 1.11 bits per heavy atom. The maximum absolute atomic E-state index is 6.10. The van der Waals surface area contributed by atoms with Crippen molar-refractivity contribution in [3.63, 3.8) is 0 Å². The Morgan fingerprint density at radius 3 is 1.48 bits per heavy atom. The SMILES string of the molecule is Cc1cc2c(cc1OCCC(C)C)-c1cc(OCCC(C)C)c(C)cc1C2. The highest BCUT2D eigenvalue weighted by atomic mass is 16.5. The predicted octanol–water partition coefficient (Wildman–Crippen LogP) is 6.72. The van der Waals surface area contributed by atoms with Gasteiger partial charge in [-0.1, -0.05) is 39.8 Å². The van der Waals surface area contributed by atoms with Crippen LogP contribution in [0.1, 0.15) is 62.8 Å². The quantitative estimate of drug-likeness (QED) is 0.440. The van der Waals surface area contributed by atoms with Gasteiger partial charge in [0.05, 0.1) is 13.2 Å². The average Bonchev–Trinajstić information content (AvgIpc) is 2.90. The molecule has 3 rings (SSSR count). The van der Waals surface area contributed by atoms with E-state index in [1.807, 2.05) is 0 Å². The van der Waals surface area contributed by atoms with E-state index < -0.39 is 0 Å². The number of fused-ring (bicyclic) bond motifs is 3. The topological polar surface area (TPSA) is 18.5 Å². The summed E-state index contributed by atoms with van der Waals surface area (Å²) in [5.41, 5.74) is 7.88. The highest BCUT2D eigenvalue weighted by Gasteiger charge is 2.22. The fourth-order valence-electron chi connectivity index (χ4n) is 3.62. The van der Waals surface area contributed by atoms with Crippen molar-refractivity contribution < 1.29 is 9.47 Å². The van der Waals surface area contributed by atoms with Gasteiger partial charge in [0.2, 0.25) is 0 Å². The molecular formula is C25H34O2. The van der Waals surface area contributed by atoms with Crippen LogP contribution in [0, 0.1) is 25.7 Å². The van der Waals surface area contributed by atoms with Crippen LogP contribution in [0.5, 0.6) is 11.5 Å². The summed E-state index contributed by atoms with van der Waals surface area (Å²) in [5.74, 6) is 3.36. The lowest BCUT2D eigenvalue weighted by Gasteiger charge is -2.14. The summed E-state index contributed by atoms with van der Waals surface area (Å²) in [6.45, 7) is 14.8. The molecule has 0 fully saturated rings. The summed E-state index contributed by atoms with van der Waals surface area (Å²) in [4.78, 5) is 0. The second-order valence-electron chi connectivity index (χ2n) is 8.79. The van der Waals surface area contributed by atoms with Gasteiger partial charge in [0.25, 0.3) is 0 Å². The molecule has 1 aliphatic rings. The van der Waals surface area contributed by atoms with Crippen LogP contribution in [0.15, 0.2) is 24.3 Å². The average molecular weight is 367 g/mol. The number of rotatable bonds is 8. The minimum absolute atomic E-state index is 0.661. The molecule has 27 heavy (non-hydrogen) atoms. The fourth-order valence-corrected chi connectivity index (χ4v) is 3.62. The zero-order valence-electron chi connectivity index (χ0n) is 17.8. The highest BCUT2D eigenvalue weighted by molar-refractivity contribution is 5.80. The minimum Gasteiger partial charge on any atom is -0.493 e. The largest absolute Gasteiger partial charge is 0.493 e. The van der Waals surface area contributed by atoms with Gasteiger partial charge in [-0.2, -0.15) is 0 Å². The van der Waals surface area contributed by atoms with Gasteiger partial charge in [-0.15, -0.1) is 0 Å². The number of hydrogen-bond acceptors (Lipinski definition) is 2. The van der Waals surface area contributed by atoms with E-state index in [9.17, 15) is 0 Å². The van der Waals surface area contributed by atoms with Crippen LogP contribution in [0.3, 0.4) is 0 Å². The van der Waals surface area contributed by atoms with Gasteiger partial charge in [0.15, 0.2) is 0 Å². The molecule has 0 spiro atoms. The van der Waals surface area contributed by atoms with E-state index >= 15 is 0 Å². The van der Waals surface area contributed by atoms with Gasteiger partial charge in [-0.05, 0) is 90.5 Å². The molecule has 0 saturated carbocycles. The Kier molecular flexibility index (Phi) is 6.14. The second kappa shape index (κ2) is 8.37. The predicted molar refractivity (Wildman–Crippen MR) is 114 cm³/mol. The first-order chi connectivity index (χ1) is 12.8. The Hall–Kier alpha value is -1.96. The zero-order chi connectivity index (χ0) is 19.6. The van der Waals surface area contributed by atoms with Gasteiger partial charge < -0.3 is 9.47 Å². The van der Waals surface area contributed by atoms with Crippen LogP contribution in [-0.4, -0.2) is 13.2 Å². The number of benzene rings is 2. The molecular weight excluding hydrogens is 332 g/mol. The monoisotopic (exact) mass is 366 g/mol. The van der Waals surface area contributed by atoms with Gasteiger partial charge in [-0.25, -0.2) is 0 Å². The maximum atomic E-state index is 6.10. The minimum atomic E-state index is 0.661. The fraction of sp³-hybridized carbons (Fsp3) is 0.520. The molecule has 0 atom stereocenters. The van der Waals surface area contributed by atoms with Crippen molar-refractivity contribution in [3.8, 4) is 22.6 Å². The van der Waals surface area contributed by atoms with Crippen molar-refractivity contribution in [1.82, 2.24) is 0 Å². The zero-order valence-corrected chi connectivity index (χ0v) is 17.8. The lowest BCUT2D eigenvalue weighted by Crippen LogP contribution is -2.03. The van der Waals surface area contributed by atoms with Crippen molar-refractivity contribution >= 4 is 0 Å². The summed E-state index contributed by atoms with van der Waals surface area (Å²) in [7, 11) is 0. The molecule has 2 aromatic rings. The number of hydrogen-bond donors (Lipinski definition) is 0. The first kappa shape index (κ1) is 19.8. The molecule has 0 heterocycles. The summed E-state index contributed by atoms with van der Waals surface area (Å²) in [6.07, 6.45) is 3.17. The summed E-state index contributed by atoms with van der Waals surface area (Å²) in [5, 5.41) is 0. The molecule has 0 N–H and O–H groups in total. The summed E-state index contributed by atoms with van der Waals surface area (Å²) in [6, 6.07) is 9.08. The van der Waals surface area contributed by atoms with Crippen LogP contribution >= 0.6 is 0 Å². The third-order valence-corrected chi connectivity index (χ3v) is 5.38. The van der Waals surface area contributed by atoms with Crippen LogP contribution in [0.4, 0.5) is 0 Å². The Labute approximate surface area is 164 Å². The molecule has 0 amide bonds. The third kappa shape index (κ3) is 4.66. The van der Waals surface area contributed by atoms with Crippen LogP contribution in [0.2, 0.25) is 0 Å². The third-order valence-electron chi connectivity index (χ3n) is 5.38. The van der Waals surface area contributed by atoms with Gasteiger partial charge in [0.1, 0.15) is 11.5 Å². The lowest BCUT2D eigenvalue weighted by molar-refractivity contribution is 0.287. The van der Waals surface area contributed by atoms with Crippen molar-refractivity contribution in [2.75, 3.05) is 13.2 Å². The van der Waals surface area contributed by atoms with E-state index in [-0.39, 0.29) is 0 Å². The molecule has 2 nitrogen and oxygen atoms in total. The molecule has 0 unspecified atom stereocenters. The Bertz CT molecular complexity index is 735. The number of ether oxygens (including phenoxy) is 2. The normalized spacial score (nSPS) is 12.4. The van der Waals surface area contributed by atoms with Crippen LogP contribution in [-0.2, 0) is 6.42 Å². The maximum Gasteiger partial charge on any atom is 0.122 e. The molecule has 2 aromatic carbocycles. The van der Waals surface area contributed by atoms with Crippen molar-refractivity contribution in [2.45, 2.75) is 60.8 Å². The van der Waals surface area contributed by atoms with E-state index in [0.29, 0.717) is 11.8 Å². The van der Waals surface area contributed by atoms with E-state index in [1.165, 1.54) is 33.4 Å².